The zero-order valence-corrected chi connectivity index (χ0v) is 16.2. The molecule has 1 saturated carbocycles. The highest BCUT2D eigenvalue weighted by Crippen LogP contribution is 2.34. The summed E-state index contributed by atoms with van der Waals surface area (Å²) in [7, 11) is 0. The fourth-order valence-corrected chi connectivity index (χ4v) is 3.90. The molecule has 3 aromatic rings. The van der Waals surface area contributed by atoms with Gasteiger partial charge in [0.1, 0.15) is 5.69 Å². The average Bonchev–Trinajstić information content (AvgIpc) is 2.75. The Bertz CT molecular complexity index is 1030. The summed E-state index contributed by atoms with van der Waals surface area (Å²) in [4.78, 5) is 16.1. The van der Waals surface area contributed by atoms with E-state index in [0.717, 1.165) is 31.7 Å². The van der Waals surface area contributed by atoms with Crippen LogP contribution in [0.4, 0.5) is 18.9 Å². The number of nitrogens with zero attached hydrogens (tertiary/aromatic N) is 1. The molecule has 0 spiro atoms. The first-order chi connectivity index (χ1) is 14.4. The second-order valence-electron chi connectivity index (χ2n) is 7.60. The summed E-state index contributed by atoms with van der Waals surface area (Å²) >= 11 is 0. The van der Waals surface area contributed by atoms with Crippen molar-refractivity contribution in [2.75, 3.05) is 5.32 Å². The second-order valence-corrected chi connectivity index (χ2v) is 7.60. The highest BCUT2D eigenvalue weighted by atomic mass is 19.4. The van der Waals surface area contributed by atoms with E-state index in [1.165, 1.54) is 0 Å². The predicted octanol–water partition coefficient (Wildman–Crippen LogP) is 5.41. The van der Waals surface area contributed by atoms with Crippen LogP contribution in [0.25, 0.3) is 10.9 Å². The Kier molecular flexibility index (Phi) is 5.61. The third kappa shape index (κ3) is 4.56. The Labute approximate surface area is 172 Å². The van der Waals surface area contributed by atoms with Gasteiger partial charge in [-0.05, 0) is 49.9 Å². The number of carbonyl (C=O) groups is 1. The number of pyridine rings is 1. The predicted molar refractivity (Wildman–Crippen MR) is 110 cm³/mol. The molecule has 156 valence electrons. The van der Waals surface area contributed by atoms with E-state index < -0.39 is 11.9 Å². The van der Waals surface area contributed by atoms with Gasteiger partial charge >= 0.3 is 6.18 Å². The molecular weight excluding hydrogens is 391 g/mol. The largest absolute Gasteiger partial charge is 0.433 e. The summed E-state index contributed by atoms with van der Waals surface area (Å²) < 4.78 is 39.8. The number of para-hydroxylation sites is 1. The van der Waals surface area contributed by atoms with Crippen LogP contribution in [0.15, 0.2) is 60.7 Å². The molecule has 0 atom stereocenters. The Morgan fingerprint density at radius 2 is 1.53 bits per heavy atom. The molecule has 7 heteroatoms. The maximum atomic E-state index is 13.3. The van der Waals surface area contributed by atoms with Crippen LogP contribution in [0.1, 0.15) is 41.7 Å². The highest BCUT2D eigenvalue weighted by molar-refractivity contribution is 5.94. The number of amides is 1. The van der Waals surface area contributed by atoms with Crippen LogP contribution in [0.5, 0.6) is 0 Å². The van der Waals surface area contributed by atoms with Crippen molar-refractivity contribution in [3.63, 3.8) is 0 Å². The van der Waals surface area contributed by atoms with Gasteiger partial charge in [0.2, 0.25) is 0 Å². The van der Waals surface area contributed by atoms with Gasteiger partial charge in [-0.25, -0.2) is 4.98 Å². The number of hydrogen-bond donors (Lipinski definition) is 2. The molecule has 0 radical (unpaired) electrons. The van der Waals surface area contributed by atoms with Crippen molar-refractivity contribution in [1.82, 2.24) is 10.3 Å². The fraction of sp³-hybridized carbons (Fsp3) is 0.304. The maximum absolute atomic E-state index is 13.3. The number of hydrogen-bond acceptors (Lipinski definition) is 3. The van der Waals surface area contributed by atoms with E-state index in [4.69, 9.17) is 0 Å². The third-order valence-electron chi connectivity index (χ3n) is 5.46. The first kappa shape index (κ1) is 20.2. The van der Waals surface area contributed by atoms with Gasteiger partial charge in [0.15, 0.2) is 0 Å². The van der Waals surface area contributed by atoms with Gasteiger partial charge in [-0.15, -0.1) is 0 Å². The Morgan fingerprint density at radius 1 is 0.900 bits per heavy atom. The van der Waals surface area contributed by atoms with E-state index in [1.807, 2.05) is 18.2 Å². The van der Waals surface area contributed by atoms with Gasteiger partial charge < -0.3 is 10.6 Å². The lowest BCUT2D eigenvalue weighted by Crippen LogP contribution is -2.40. The summed E-state index contributed by atoms with van der Waals surface area (Å²) in [5.74, 6) is -0.0954. The quantitative estimate of drug-likeness (QED) is 0.602. The number of anilines is 1. The molecule has 1 aromatic heterocycles. The van der Waals surface area contributed by atoms with Crippen LogP contribution < -0.4 is 10.6 Å². The lowest BCUT2D eigenvalue weighted by atomic mass is 9.90. The Hall–Kier alpha value is -3.09. The molecular formula is C23H22F3N3O. The van der Waals surface area contributed by atoms with Gasteiger partial charge in [-0.3, -0.25) is 4.79 Å². The van der Waals surface area contributed by atoms with Crippen molar-refractivity contribution in [1.29, 1.82) is 0 Å². The number of nitrogens with one attached hydrogen (secondary N) is 2. The van der Waals surface area contributed by atoms with Gasteiger partial charge in [-0.1, -0.05) is 36.4 Å². The maximum Gasteiger partial charge on any atom is 0.433 e. The van der Waals surface area contributed by atoms with Gasteiger partial charge in [0, 0.05) is 28.7 Å². The highest BCUT2D eigenvalue weighted by Gasteiger charge is 2.33. The van der Waals surface area contributed by atoms with E-state index >= 15 is 0 Å². The molecule has 4 nitrogen and oxygen atoms in total. The smallest absolute Gasteiger partial charge is 0.382 e. The minimum atomic E-state index is -4.50. The second kappa shape index (κ2) is 8.34. The van der Waals surface area contributed by atoms with E-state index in [9.17, 15) is 18.0 Å². The van der Waals surface area contributed by atoms with E-state index in [1.54, 1.807) is 36.4 Å². The summed E-state index contributed by atoms with van der Waals surface area (Å²) in [6.07, 6.45) is -1.44. The topological polar surface area (TPSA) is 54.0 Å². The molecule has 0 unspecified atom stereocenters. The fourth-order valence-electron chi connectivity index (χ4n) is 3.90. The molecule has 0 bridgehead atoms. The molecule has 0 aliphatic heterocycles. The van der Waals surface area contributed by atoms with Crippen molar-refractivity contribution < 1.29 is 18.0 Å². The molecule has 2 N–H and O–H groups in total. The summed E-state index contributed by atoms with van der Waals surface area (Å²) in [6.45, 7) is 0. The van der Waals surface area contributed by atoms with Crippen molar-refractivity contribution in [3.05, 3.63) is 71.9 Å². The van der Waals surface area contributed by atoms with E-state index in [-0.39, 0.29) is 18.0 Å². The molecule has 1 amide bonds. The summed E-state index contributed by atoms with van der Waals surface area (Å²) in [5.41, 5.74) is 0.497. The standard InChI is InChI=1S/C23H22F3N3O/c24-23(25,26)21-14-20(18-8-4-5-9-19(18)29-21)27-16-10-12-17(13-11-16)28-22(30)15-6-2-1-3-7-15/h1-9,14,16-17H,10-13H2,(H,27,29)(H,28,30)/t16-,17+. The zero-order chi connectivity index (χ0) is 21.1. The van der Waals surface area contributed by atoms with Crippen molar-refractivity contribution in [2.24, 2.45) is 0 Å². The van der Waals surface area contributed by atoms with Crippen LogP contribution in [-0.2, 0) is 6.18 Å². The molecule has 30 heavy (non-hydrogen) atoms. The van der Waals surface area contributed by atoms with Gasteiger partial charge in [0.05, 0.1) is 5.52 Å². The van der Waals surface area contributed by atoms with Gasteiger partial charge in [0.25, 0.3) is 5.91 Å². The van der Waals surface area contributed by atoms with Crippen LogP contribution in [0.3, 0.4) is 0 Å². The summed E-state index contributed by atoms with van der Waals surface area (Å²) in [5, 5.41) is 7.01. The molecule has 1 fully saturated rings. The molecule has 1 aliphatic rings. The van der Waals surface area contributed by atoms with Crippen LogP contribution >= 0.6 is 0 Å². The number of halogens is 3. The first-order valence-electron chi connectivity index (χ1n) is 9.99. The zero-order valence-electron chi connectivity index (χ0n) is 16.2. The molecule has 1 aliphatic carbocycles. The van der Waals surface area contributed by atoms with Crippen molar-refractivity contribution in [3.8, 4) is 0 Å². The van der Waals surface area contributed by atoms with Crippen LogP contribution in [0, 0.1) is 0 Å². The van der Waals surface area contributed by atoms with Crippen LogP contribution in [0.2, 0.25) is 0 Å². The van der Waals surface area contributed by atoms with Crippen LogP contribution in [-0.4, -0.2) is 23.0 Å². The molecule has 2 aromatic carbocycles. The normalized spacial score (nSPS) is 19.4. The molecule has 0 saturated heterocycles. The molecule has 1 heterocycles. The lowest BCUT2D eigenvalue weighted by molar-refractivity contribution is -0.140. The Balaban J connectivity index is 1.43. The SMILES string of the molecule is O=C(N[C@H]1CC[C@@H](Nc2cc(C(F)(F)F)nc3ccccc23)CC1)c1ccccc1. The Morgan fingerprint density at radius 3 is 2.23 bits per heavy atom. The minimum absolute atomic E-state index is 0.0433. The number of rotatable bonds is 4. The number of carbonyl (C=O) groups excluding carboxylic acids is 1. The van der Waals surface area contributed by atoms with E-state index in [2.05, 4.69) is 15.6 Å². The number of fused-ring (bicyclic) bond motifs is 1. The lowest BCUT2D eigenvalue weighted by Gasteiger charge is -2.30. The van der Waals surface area contributed by atoms with Gasteiger partial charge in [-0.2, -0.15) is 13.2 Å². The average molecular weight is 413 g/mol. The molecule has 4 rings (SSSR count). The minimum Gasteiger partial charge on any atom is -0.382 e. The number of aromatic nitrogens is 1. The monoisotopic (exact) mass is 413 g/mol. The summed E-state index contributed by atoms with van der Waals surface area (Å²) in [6, 6.07) is 17.1. The first-order valence-corrected chi connectivity index (χ1v) is 9.99. The van der Waals surface area contributed by atoms with Crippen molar-refractivity contribution >= 4 is 22.5 Å². The number of benzene rings is 2. The van der Waals surface area contributed by atoms with E-state index in [0.29, 0.717) is 22.2 Å². The van der Waals surface area contributed by atoms with Crippen molar-refractivity contribution in [2.45, 2.75) is 43.9 Å². The number of alkyl halides is 3. The third-order valence-corrected chi connectivity index (χ3v) is 5.46.